The van der Waals surface area contributed by atoms with Gasteiger partial charge in [0, 0.05) is 29.9 Å². The van der Waals surface area contributed by atoms with Crippen molar-refractivity contribution in [2.24, 2.45) is 12.8 Å². The van der Waals surface area contributed by atoms with Crippen LogP contribution in [0, 0.1) is 0 Å². The van der Waals surface area contributed by atoms with Crippen LogP contribution < -0.4 is 5.73 Å². The lowest BCUT2D eigenvalue weighted by atomic mass is 10.0. The van der Waals surface area contributed by atoms with Crippen LogP contribution in [-0.4, -0.2) is 9.78 Å². The molecule has 0 radical (unpaired) electrons. The van der Waals surface area contributed by atoms with E-state index >= 15 is 0 Å². The Kier molecular flexibility index (Phi) is 3.27. The Morgan fingerprint density at radius 1 is 1.44 bits per heavy atom. The first-order valence-corrected chi connectivity index (χ1v) is 5.52. The van der Waals surface area contributed by atoms with E-state index in [4.69, 9.17) is 17.3 Å². The molecule has 1 aromatic heterocycles. The van der Waals surface area contributed by atoms with Crippen molar-refractivity contribution in [2.45, 2.75) is 12.5 Å². The second-order valence-electron chi connectivity index (χ2n) is 3.85. The molecule has 2 N–H and O–H groups in total. The minimum atomic E-state index is -0.0615. The lowest BCUT2D eigenvalue weighted by Crippen LogP contribution is -2.12. The zero-order valence-corrected chi connectivity index (χ0v) is 9.85. The highest BCUT2D eigenvalue weighted by Gasteiger charge is 2.10. The molecule has 16 heavy (non-hydrogen) atoms. The molecule has 0 aliphatic rings. The van der Waals surface area contributed by atoms with Crippen molar-refractivity contribution in [2.75, 3.05) is 0 Å². The van der Waals surface area contributed by atoms with Gasteiger partial charge in [-0.15, -0.1) is 0 Å². The Morgan fingerprint density at radius 2 is 2.19 bits per heavy atom. The number of benzene rings is 1. The summed E-state index contributed by atoms with van der Waals surface area (Å²) in [4.78, 5) is 0. The van der Waals surface area contributed by atoms with Crippen LogP contribution in [0.4, 0.5) is 0 Å². The van der Waals surface area contributed by atoms with Crippen molar-refractivity contribution in [1.29, 1.82) is 0 Å². The minimum Gasteiger partial charge on any atom is -0.324 e. The summed E-state index contributed by atoms with van der Waals surface area (Å²) in [6.45, 7) is 0. The molecule has 0 aliphatic heterocycles. The Hall–Kier alpha value is -1.32. The predicted molar refractivity (Wildman–Crippen MR) is 65.3 cm³/mol. The van der Waals surface area contributed by atoms with E-state index in [1.54, 1.807) is 10.9 Å². The van der Waals surface area contributed by atoms with Crippen molar-refractivity contribution >= 4 is 11.6 Å². The molecule has 0 aliphatic carbocycles. The number of rotatable bonds is 3. The van der Waals surface area contributed by atoms with Crippen molar-refractivity contribution in [3.8, 4) is 0 Å². The van der Waals surface area contributed by atoms with E-state index in [2.05, 4.69) is 5.10 Å². The van der Waals surface area contributed by atoms with Crippen LogP contribution in [0.15, 0.2) is 36.7 Å². The number of halogens is 1. The van der Waals surface area contributed by atoms with Gasteiger partial charge in [-0.2, -0.15) is 5.10 Å². The molecule has 3 nitrogen and oxygen atoms in total. The van der Waals surface area contributed by atoms with Gasteiger partial charge in [0.05, 0.1) is 6.20 Å². The van der Waals surface area contributed by atoms with Gasteiger partial charge in [0.2, 0.25) is 0 Å². The monoisotopic (exact) mass is 235 g/mol. The summed E-state index contributed by atoms with van der Waals surface area (Å²) in [5.74, 6) is 0. The van der Waals surface area contributed by atoms with E-state index in [0.29, 0.717) is 0 Å². The molecule has 0 saturated heterocycles. The molecule has 0 spiro atoms. The summed E-state index contributed by atoms with van der Waals surface area (Å²) in [6.07, 6.45) is 4.45. The van der Waals surface area contributed by atoms with Crippen LogP contribution in [-0.2, 0) is 13.5 Å². The Bertz CT molecular complexity index is 479. The maximum absolute atomic E-state index is 6.10. The smallest absolute Gasteiger partial charge is 0.0537 e. The van der Waals surface area contributed by atoms with E-state index in [0.717, 1.165) is 22.6 Å². The van der Waals surface area contributed by atoms with E-state index < -0.39 is 0 Å². The summed E-state index contributed by atoms with van der Waals surface area (Å²) in [5.41, 5.74) is 8.20. The normalized spacial score (nSPS) is 12.7. The lowest BCUT2D eigenvalue weighted by molar-refractivity contribution is 0.717. The van der Waals surface area contributed by atoms with Crippen molar-refractivity contribution < 1.29 is 0 Å². The molecule has 0 fully saturated rings. The molecule has 0 amide bonds. The molecule has 1 aromatic carbocycles. The fourth-order valence-corrected chi connectivity index (χ4v) is 1.86. The molecule has 1 atom stereocenters. The lowest BCUT2D eigenvalue weighted by Gasteiger charge is -2.10. The molecule has 2 aromatic rings. The van der Waals surface area contributed by atoms with Gasteiger partial charge in [0.25, 0.3) is 0 Å². The summed E-state index contributed by atoms with van der Waals surface area (Å²) >= 11 is 6.08. The number of hydrogen-bond acceptors (Lipinski definition) is 2. The summed E-state index contributed by atoms with van der Waals surface area (Å²) < 4.78 is 1.75. The first-order valence-electron chi connectivity index (χ1n) is 5.14. The molecular weight excluding hydrogens is 222 g/mol. The van der Waals surface area contributed by atoms with E-state index in [1.165, 1.54) is 0 Å². The fraction of sp³-hybridized carbons (Fsp3) is 0.250. The van der Waals surface area contributed by atoms with Gasteiger partial charge >= 0.3 is 0 Å². The van der Waals surface area contributed by atoms with Crippen LogP contribution in [0.2, 0.25) is 5.02 Å². The Morgan fingerprint density at radius 3 is 2.81 bits per heavy atom. The van der Waals surface area contributed by atoms with Crippen LogP contribution in [0.25, 0.3) is 0 Å². The number of nitrogens with two attached hydrogens (primary N) is 1. The van der Waals surface area contributed by atoms with Gasteiger partial charge in [0.1, 0.15) is 0 Å². The third-order valence-corrected chi connectivity index (χ3v) is 2.92. The fourth-order valence-electron chi connectivity index (χ4n) is 1.65. The number of aryl methyl sites for hydroxylation is 1. The largest absolute Gasteiger partial charge is 0.324 e. The topological polar surface area (TPSA) is 43.8 Å². The van der Waals surface area contributed by atoms with Crippen molar-refractivity contribution in [3.63, 3.8) is 0 Å². The van der Waals surface area contributed by atoms with Gasteiger partial charge in [-0.25, -0.2) is 0 Å². The maximum Gasteiger partial charge on any atom is 0.0537 e. The molecule has 0 bridgehead atoms. The minimum absolute atomic E-state index is 0.0615. The van der Waals surface area contributed by atoms with Crippen LogP contribution in [0.3, 0.4) is 0 Å². The first kappa shape index (κ1) is 11.2. The quantitative estimate of drug-likeness (QED) is 0.887. The average molecular weight is 236 g/mol. The highest BCUT2D eigenvalue weighted by atomic mass is 35.5. The zero-order chi connectivity index (χ0) is 11.5. The maximum atomic E-state index is 6.10. The zero-order valence-electron chi connectivity index (χ0n) is 9.10. The highest BCUT2D eigenvalue weighted by Crippen LogP contribution is 2.21. The van der Waals surface area contributed by atoms with Crippen molar-refractivity contribution in [3.05, 3.63) is 52.8 Å². The molecule has 1 unspecified atom stereocenters. The van der Waals surface area contributed by atoms with Crippen LogP contribution in [0.5, 0.6) is 0 Å². The summed E-state index contributed by atoms with van der Waals surface area (Å²) in [5, 5.41) is 4.87. The van der Waals surface area contributed by atoms with E-state index in [-0.39, 0.29) is 6.04 Å². The van der Waals surface area contributed by atoms with Gasteiger partial charge in [-0.05, 0) is 18.1 Å². The summed E-state index contributed by atoms with van der Waals surface area (Å²) in [6, 6.07) is 7.71. The summed E-state index contributed by atoms with van der Waals surface area (Å²) in [7, 11) is 1.88. The molecule has 1 heterocycles. The number of hydrogen-bond donors (Lipinski definition) is 1. The first-order chi connectivity index (χ1) is 7.66. The SMILES string of the molecule is Cn1cc(C(N)Cc2ccccc2Cl)cn1. The number of aromatic nitrogens is 2. The van der Waals surface area contributed by atoms with Gasteiger partial charge in [-0.1, -0.05) is 29.8 Å². The van der Waals surface area contributed by atoms with E-state index in [9.17, 15) is 0 Å². The Labute approximate surface area is 99.8 Å². The average Bonchev–Trinajstić information content (AvgIpc) is 2.68. The Balaban J connectivity index is 2.13. The highest BCUT2D eigenvalue weighted by molar-refractivity contribution is 6.31. The molecule has 4 heteroatoms. The molecular formula is C12H14ClN3. The van der Waals surface area contributed by atoms with E-state index in [1.807, 2.05) is 37.5 Å². The second kappa shape index (κ2) is 4.68. The third-order valence-electron chi connectivity index (χ3n) is 2.55. The predicted octanol–water partition coefficient (Wildman–Crippen LogP) is 2.32. The van der Waals surface area contributed by atoms with Gasteiger partial charge in [0.15, 0.2) is 0 Å². The number of nitrogens with zero attached hydrogens (tertiary/aromatic N) is 2. The molecule has 84 valence electrons. The van der Waals surface area contributed by atoms with Gasteiger partial charge < -0.3 is 5.73 Å². The third kappa shape index (κ3) is 2.43. The second-order valence-corrected chi connectivity index (χ2v) is 4.26. The molecule has 0 saturated carbocycles. The van der Waals surface area contributed by atoms with Crippen molar-refractivity contribution in [1.82, 2.24) is 9.78 Å². The molecule has 2 rings (SSSR count). The van der Waals surface area contributed by atoms with Crippen LogP contribution in [0.1, 0.15) is 17.2 Å². The van der Waals surface area contributed by atoms with Gasteiger partial charge in [-0.3, -0.25) is 4.68 Å². The van der Waals surface area contributed by atoms with Crippen LogP contribution >= 0.6 is 11.6 Å². The standard InChI is InChI=1S/C12H14ClN3/c1-16-8-10(7-15-16)12(14)6-9-4-2-3-5-11(9)13/h2-5,7-8,12H,6,14H2,1H3.